The fourth-order valence-electron chi connectivity index (χ4n) is 2.11. The monoisotopic (exact) mass is 260 g/mol. The van der Waals surface area contributed by atoms with Crippen molar-refractivity contribution in [3.63, 3.8) is 0 Å². The van der Waals surface area contributed by atoms with E-state index in [1.165, 1.54) is 12.3 Å². The summed E-state index contributed by atoms with van der Waals surface area (Å²) in [6.07, 6.45) is -0.336. The molecular formula is C12H15F3N2O. The standard InChI is InChI=1S/C12H15F3N2O/c13-12(14,15)10-5-2-6-16-11(10)17(7-8-18)9-3-1-4-9/h2,5-6,9,18H,1,3-4,7-8H2. The lowest BCUT2D eigenvalue weighted by Gasteiger charge is -2.39. The molecule has 1 aliphatic carbocycles. The largest absolute Gasteiger partial charge is 0.419 e. The van der Waals surface area contributed by atoms with E-state index in [2.05, 4.69) is 4.98 Å². The summed E-state index contributed by atoms with van der Waals surface area (Å²) in [5.74, 6) is -0.0660. The van der Waals surface area contributed by atoms with Crippen molar-refractivity contribution in [2.24, 2.45) is 0 Å². The molecule has 1 fully saturated rings. The lowest BCUT2D eigenvalue weighted by Crippen LogP contribution is -2.43. The van der Waals surface area contributed by atoms with Crippen LogP contribution in [0, 0.1) is 0 Å². The quantitative estimate of drug-likeness (QED) is 0.903. The van der Waals surface area contributed by atoms with Gasteiger partial charge < -0.3 is 10.0 Å². The van der Waals surface area contributed by atoms with Crippen LogP contribution in [-0.2, 0) is 6.18 Å². The van der Waals surface area contributed by atoms with Gasteiger partial charge in [0.25, 0.3) is 0 Å². The molecule has 1 aromatic rings. The van der Waals surface area contributed by atoms with Crippen LogP contribution in [0.15, 0.2) is 18.3 Å². The van der Waals surface area contributed by atoms with Gasteiger partial charge in [0.15, 0.2) is 0 Å². The Morgan fingerprint density at radius 2 is 2.11 bits per heavy atom. The molecule has 0 radical (unpaired) electrons. The van der Waals surface area contributed by atoms with Crippen LogP contribution in [0.4, 0.5) is 19.0 Å². The topological polar surface area (TPSA) is 36.4 Å². The van der Waals surface area contributed by atoms with Gasteiger partial charge in [-0.25, -0.2) is 4.98 Å². The van der Waals surface area contributed by atoms with Gasteiger partial charge in [-0.05, 0) is 31.4 Å². The number of anilines is 1. The van der Waals surface area contributed by atoms with Gasteiger partial charge in [0.05, 0.1) is 12.2 Å². The summed E-state index contributed by atoms with van der Waals surface area (Å²) in [7, 11) is 0. The zero-order valence-corrected chi connectivity index (χ0v) is 9.82. The maximum Gasteiger partial charge on any atom is 0.419 e. The van der Waals surface area contributed by atoms with E-state index >= 15 is 0 Å². The van der Waals surface area contributed by atoms with E-state index in [0.717, 1.165) is 25.3 Å². The summed E-state index contributed by atoms with van der Waals surface area (Å²) in [5.41, 5.74) is -0.731. The number of hydrogen-bond acceptors (Lipinski definition) is 3. The minimum atomic E-state index is -4.42. The average molecular weight is 260 g/mol. The summed E-state index contributed by atoms with van der Waals surface area (Å²) >= 11 is 0. The summed E-state index contributed by atoms with van der Waals surface area (Å²) in [4.78, 5) is 5.44. The summed E-state index contributed by atoms with van der Waals surface area (Å²) in [5, 5.41) is 9.01. The number of alkyl halides is 3. The van der Waals surface area contributed by atoms with Crippen molar-refractivity contribution in [3.05, 3.63) is 23.9 Å². The Kier molecular flexibility index (Phi) is 3.75. The number of aliphatic hydroxyl groups is 1. The third-order valence-electron chi connectivity index (χ3n) is 3.22. The van der Waals surface area contributed by atoms with Crippen LogP contribution in [0.2, 0.25) is 0 Å². The van der Waals surface area contributed by atoms with Gasteiger partial charge in [-0.15, -0.1) is 0 Å². The second-order valence-corrected chi connectivity index (χ2v) is 4.37. The first-order valence-corrected chi connectivity index (χ1v) is 5.93. The maximum absolute atomic E-state index is 12.9. The van der Waals surface area contributed by atoms with Crippen molar-refractivity contribution < 1.29 is 18.3 Å². The molecule has 0 atom stereocenters. The van der Waals surface area contributed by atoms with Crippen molar-refractivity contribution in [2.75, 3.05) is 18.1 Å². The van der Waals surface area contributed by atoms with E-state index in [1.54, 1.807) is 4.90 Å². The van der Waals surface area contributed by atoms with Crippen molar-refractivity contribution in [1.29, 1.82) is 0 Å². The summed E-state index contributed by atoms with van der Waals surface area (Å²) < 4.78 is 38.7. The molecule has 0 aliphatic heterocycles. The SMILES string of the molecule is OCCN(c1ncccc1C(F)(F)F)C1CCC1. The molecule has 1 saturated carbocycles. The first kappa shape index (κ1) is 13.1. The molecular weight excluding hydrogens is 245 g/mol. The highest BCUT2D eigenvalue weighted by atomic mass is 19.4. The van der Waals surface area contributed by atoms with Crippen LogP contribution in [0.1, 0.15) is 24.8 Å². The molecule has 1 aliphatic rings. The van der Waals surface area contributed by atoms with Crippen LogP contribution >= 0.6 is 0 Å². The Bertz CT molecular complexity index is 405. The average Bonchev–Trinajstić information content (AvgIpc) is 2.25. The van der Waals surface area contributed by atoms with E-state index in [0.29, 0.717) is 0 Å². The Hall–Kier alpha value is -1.30. The predicted octanol–water partition coefficient (Wildman–Crippen LogP) is 2.45. The van der Waals surface area contributed by atoms with Gasteiger partial charge in [0, 0.05) is 18.8 Å². The number of hydrogen-bond donors (Lipinski definition) is 1. The normalized spacial score (nSPS) is 16.4. The van der Waals surface area contributed by atoms with Gasteiger partial charge in [0.2, 0.25) is 0 Å². The number of halogens is 3. The van der Waals surface area contributed by atoms with Crippen molar-refractivity contribution in [2.45, 2.75) is 31.5 Å². The Labute approximate surface area is 103 Å². The lowest BCUT2D eigenvalue weighted by atomic mass is 9.91. The van der Waals surface area contributed by atoms with E-state index in [-0.39, 0.29) is 25.0 Å². The van der Waals surface area contributed by atoms with Gasteiger partial charge in [-0.1, -0.05) is 0 Å². The molecule has 1 heterocycles. The Balaban J connectivity index is 2.34. The highest BCUT2D eigenvalue weighted by Gasteiger charge is 2.37. The van der Waals surface area contributed by atoms with Crippen LogP contribution in [0.25, 0.3) is 0 Å². The molecule has 1 N–H and O–H groups in total. The maximum atomic E-state index is 12.9. The molecule has 2 rings (SSSR count). The molecule has 18 heavy (non-hydrogen) atoms. The van der Waals surface area contributed by atoms with Gasteiger partial charge in [0.1, 0.15) is 5.82 Å². The highest BCUT2D eigenvalue weighted by molar-refractivity contribution is 5.49. The Morgan fingerprint density at radius 1 is 1.39 bits per heavy atom. The summed E-state index contributed by atoms with van der Waals surface area (Å²) in [6, 6.07) is 2.38. The van der Waals surface area contributed by atoms with E-state index in [1.807, 2.05) is 0 Å². The third kappa shape index (κ3) is 2.58. The van der Waals surface area contributed by atoms with Gasteiger partial charge in [-0.2, -0.15) is 13.2 Å². The molecule has 1 aromatic heterocycles. The first-order chi connectivity index (χ1) is 8.54. The zero-order chi connectivity index (χ0) is 13.2. The number of aliphatic hydroxyl groups excluding tert-OH is 1. The van der Waals surface area contributed by atoms with E-state index in [4.69, 9.17) is 5.11 Å². The molecule has 3 nitrogen and oxygen atoms in total. The molecule has 6 heteroatoms. The minimum Gasteiger partial charge on any atom is -0.395 e. The highest BCUT2D eigenvalue weighted by Crippen LogP contribution is 2.38. The molecule has 0 bridgehead atoms. The van der Waals surface area contributed by atoms with Crippen molar-refractivity contribution >= 4 is 5.82 Å². The first-order valence-electron chi connectivity index (χ1n) is 5.93. The van der Waals surface area contributed by atoms with Crippen molar-refractivity contribution in [3.8, 4) is 0 Å². The molecule has 0 unspecified atom stereocenters. The number of nitrogens with zero attached hydrogens (tertiary/aromatic N) is 2. The van der Waals surface area contributed by atoms with E-state index in [9.17, 15) is 13.2 Å². The number of pyridine rings is 1. The van der Waals surface area contributed by atoms with E-state index < -0.39 is 11.7 Å². The van der Waals surface area contributed by atoms with Crippen molar-refractivity contribution in [1.82, 2.24) is 4.98 Å². The number of aromatic nitrogens is 1. The molecule has 0 saturated heterocycles. The van der Waals surface area contributed by atoms with Crippen LogP contribution in [-0.4, -0.2) is 29.3 Å². The second kappa shape index (κ2) is 5.14. The predicted molar refractivity (Wildman–Crippen MR) is 61.3 cm³/mol. The number of rotatable bonds is 4. The van der Waals surface area contributed by atoms with Crippen LogP contribution < -0.4 is 4.90 Å². The van der Waals surface area contributed by atoms with Gasteiger partial charge in [-0.3, -0.25) is 0 Å². The smallest absolute Gasteiger partial charge is 0.395 e. The third-order valence-corrected chi connectivity index (χ3v) is 3.22. The van der Waals surface area contributed by atoms with Crippen LogP contribution in [0.3, 0.4) is 0 Å². The summed E-state index contributed by atoms with van der Waals surface area (Å²) in [6.45, 7) is 0.00906. The fraction of sp³-hybridized carbons (Fsp3) is 0.583. The fourth-order valence-corrected chi connectivity index (χ4v) is 2.11. The molecule has 0 amide bonds. The molecule has 0 spiro atoms. The van der Waals surface area contributed by atoms with Crippen LogP contribution in [0.5, 0.6) is 0 Å². The van der Waals surface area contributed by atoms with Gasteiger partial charge >= 0.3 is 6.18 Å². The molecule has 0 aromatic carbocycles. The molecule has 100 valence electrons. The minimum absolute atomic E-state index is 0.0631. The second-order valence-electron chi connectivity index (χ2n) is 4.37. The zero-order valence-electron chi connectivity index (χ0n) is 9.82. The Morgan fingerprint density at radius 3 is 2.61 bits per heavy atom. The lowest BCUT2D eigenvalue weighted by molar-refractivity contribution is -0.137.